The van der Waals surface area contributed by atoms with Crippen molar-refractivity contribution in [2.24, 2.45) is 5.73 Å². The minimum Gasteiger partial charge on any atom is -0.374 e. The quantitative estimate of drug-likeness (QED) is 0.660. The molecule has 0 bridgehead atoms. The Morgan fingerprint density at radius 1 is 1.25 bits per heavy atom. The van der Waals surface area contributed by atoms with Crippen molar-refractivity contribution in [2.75, 3.05) is 6.54 Å². The molecule has 1 saturated carbocycles. The Hall–Kier alpha value is -0.0800. The molecular formula is C10H21NO. The number of rotatable bonds is 3. The molecule has 0 saturated heterocycles. The van der Waals surface area contributed by atoms with Gasteiger partial charge in [-0.1, -0.05) is 25.7 Å². The lowest BCUT2D eigenvalue weighted by Crippen LogP contribution is -2.26. The van der Waals surface area contributed by atoms with E-state index in [0.717, 1.165) is 0 Å². The van der Waals surface area contributed by atoms with Crippen LogP contribution in [0, 0.1) is 0 Å². The highest BCUT2D eigenvalue weighted by Gasteiger charge is 2.14. The predicted molar refractivity (Wildman–Crippen MR) is 51.1 cm³/mol. The smallest absolute Gasteiger partial charge is 0.0672 e. The van der Waals surface area contributed by atoms with Crippen LogP contribution in [-0.4, -0.2) is 18.8 Å². The molecule has 2 nitrogen and oxygen atoms in total. The summed E-state index contributed by atoms with van der Waals surface area (Å²) < 4.78 is 5.80. The van der Waals surface area contributed by atoms with E-state index in [-0.39, 0.29) is 6.10 Å². The van der Waals surface area contributed by atoms with Gasteiger partial charge in [0.25, 0.3) is 0 Å². The van der Waals surface area contributed by atoms with E-state index in [1.807, 2.05) is 0 Å². The van der Waals surface area contributed by atoms with Crippen LogP contribution in [0.1, 0.15) is 45.4 Å². The number of hydrogen-bond acceptors (Lipinski definition) is 2. The summed E-state index contributed by atoms with van der Waals surface area (Å²) in [6, 6.07) is 0. The highest BCUT2D eigenvalue weighted by Crippen LogP contribution is 2.20. The summed E-state index contributed by atoms with van der Waals surface area (Å²) >= 11 is 0. The number of hydrogen-bond donors (Lipinski definition) is 1. The minimum atomic E-state index is 0.244. The molecule has 1 aliphatic rings. The first-order chi connectivity index (χ1) is 5.83. The predicted octanol–water partition coefficient (Wildman–Crippen LogP) is 2.07. The van der Waals surface area contributed by atoms with Crippen LogP contribution in [0.5, 0.6) is 0 Å². The van der Waals surface area contributed by atoms with E-state index in [9.17, 15) is 0 Å². The second kappa shape index (κ2) is 5.55. The molecule has 0 spiro atoms. The Morgan fingerprint density at radius 3 is 2.33 bits per heavy atom. The van der Waals surface area contributed by atoms with E-state index in [2.05, 4.69) is 6.92 Å². The molecule has 1 fully saturated rings. The minimum absolute atomic E-state index is 0.244. The topological polar surface area (TPSA) is 35.2 Å². The second-order valence-electron chi connectivity index (χ2n) is 3.80. The van der Waals surface area contributed by atoms with Crippen molar-refractivity contribution in [3.8, 4) is 0 Å². The normalized spacial score (nSPS) is 23.5. The SMILES string of the molecule is CC(CN)OC1CCCCCC1. The molecule has 0 radical (unpaired) electrons. The van der Waals surface area contributed by atoms with E-state index in [0.29, 0.717) is 12.6 Å². The summed E-state index contributed by atoms with van der Waals surface area (Å²) in [6.45, 7) is 2.71. The fraction of sp³-hybridized carbons (Fsp3) is 1.00. The van der Waals surface area contributed by atoms with Gasteiger partial charge in [0.15, 0.2) is 0 Å². The first-order valence-corrected chi connectivity index (χ1v) is 5.18. The Labute approximate surface area is 75.5 Å². The third-order valence-corrected chi connectivity index (χ3v) is 2.56. The fourth-order valence-corrected chi connectivity index (χ4v) is 1.76. The van der Waals surface area contributed by atoms with E-state index in [4.69, 9.17) is 10.5 Å². The van der Waals surface area contributed by atoms with Crippen molar-refractivity contribution in [1.82, 2.24) is 0 Å². The first-order valence-electron chi connectivity index (χ1n) is 5.18. The molecule has 12 heavy (non-hydrogen) atoms. The van der Waals surface area contributed by atoms with Gasteiger partial charge in [0, 0.05) is 6.54 Å². The van der Waals surface area contributed by atoms with Gasteiger partial charge in [-0.3, -0.25) is 0 Å². The number of nitrogens with two attached hydrogens (primary N) is 1. The molecule has 0 aromatic carbocycles. The molecule has 0 amide bonds. The highest BCUT2D eigenvalue weighted by molar-refractivity contribution is 4.65. The summed E-state index contributed by atoms with van der Waals surface area (Å²) in [7, 11) is 0. The molecule has 2 heteroatoms. The maximum absolute atomic E-state index is 5.80. The van der Waals surface area contributed by atoms with Crippen molar-refractivity contribution >= 4 is 0 Å². The summed E-state index contributed by atoms with van der Waals surface area (Å²) in [5.74, 6) is 0. The van der Waals surface area contributed by atoms with Gasteiger partial charge in [-0.05, 0) is 19.8 Å². The van der Waals surface area contributed by atoms with Gasteiger partial charge in [-0.25, -0.2) is 0 Å². The van der Waals surface area contributed by atoms with Crippen LogP contribution >= 0.6 is 0 Å². The molecule has 1 rings (SSSR count). The maximum atomic E-state index is 5.80. The average molecular weight is 171 g/mol. The van der Waals surface area contributed by atoms with Crippen LogP contribution in [0.4, 0.5) is 0 Å². The van der Waals surface area contributed by atoms with E-state index >= 15 is 0 Å². The van der Waals surface area contributed by atoms with Gasteiger partial charge >= 0.3 is 0 Å². The van der Waals surface area contributed by atoms with Crippen LogP contribution in [0.25, 0.3) is 0 Å². The summed E-state index contributed by atoms with van der Waals surface area (Å²) in [5, 5.41) is 0. The largest absolute Gasteiger partial charge is 0.374 e. The van der Waals surface area contributed by atoms with Gasteiger partial charge in [0.05, 0.1) is 12.2 Å². The third-order valence-electron chi connectivity index (χ3n) is 2.56. The van der Waals surface area contributed by atoms with Gasteiger partial charge in [0.2, 0.25) is 0 Å². The summed E-state index contributed by atoms with van der Waals surface area (Å²) in [4.78, 5) is 0. The van der Waals surface area contributed by atoms with Crippen LogP contribution in [-0.2, 0) is 4.74 Å². The van der Waals surface area contributed by atoms with Crippen LogP contribution in [0.2, 0.25) is 0 Å². The molecule has 1 aliphatic carbocycles. The van der Waals surface area contributed by atoms with Crippen LogP contribution < -0.4 is 5.73 Å². The Kier molecular flexibility index (Phi) is 4.62. The monoisotopic (exact) mass is 171 g/mol. The van der Waals surface area contributed by atoms with Gasteiger partial charge < -0.3 is 10.5 Å². The highest BCUT2D eigenvalue weighted by atomic mass is 16.5. The Bertz CT molecular complexity index is 108. The van der Waals surface area contributed by atoms with E-state index < -0.39 is 0 Å². The standard InChI is InChI=1S/C10H21NO/c1-9(8-11)12-10-6-4-2-3-5-7-10/h9-10H,2-8,11H2,1H3. The lowest BCUT2D eigenvalue weighted by atomic mass is 10.1. The zero-order chi connectivity index (χ0) is 8.81. The zero-order valence-corrected chi connectivity index (χ0v) is 8.09. The van der Waals surface area contributed by atoms with E-state index in [1.165, 1.54) is 38.5 Å². The average Bonchev–Trinajstić information content (AvgIpc) is 2.33. The van der Waals surface area contributed by atoms with Crippen molar-refractivity contribution in [3.05, 3.63) is 0 Å². The molecule has 72 valence electrons. The summed E-state index contributed by atoms with van der Waals surface area (Å²) in [5.41, 5.74) is 5.50. The van der Waals surface area contributed by atoms with Gasteiger partial charge in [-0.15, -0.1) is 0 Å². The van der Waals surface area contributed by atoms with Crippen molar-refractivity contribution in [2.45, 2.75) is 57.7 Å². The molecule has 2 N–H and O–H groups in total. The van der Waals surface area contributed by atoms with Crippen molar-refractivity contribution in [3.63, 3.8) is 0 Å². The van der Waals surface area contributed by atoms with E-state index in [1.54, 1.807) is 0 Å². The molecule has 0 heterocycles. The number of ether oxygens (including phenoxy) is 1. The summed E-state index contributed by atoms with van der Waals surface area (Å²) in [6.07, 6.45) is 8.66. The molecular weight excluding hydrogens is 150 g/mol. The maximum Gasteiger partial charge on any atom is 0.0672 e. The van der Waals surface area contributed by atoms with Crippen molar-refractivity contribution in [1.29, 1.82) is 0 Å². The molecule has 0 aromatic heterocycles. The first kappa shape index (κ1) is 10.0. The van der Waals surface area contributed by atoms with Crippen molar-refractivity contribution < 1.29 is 4.74 Å². The lowest BCUT2D eigenvalue weighted by Gasteiger charge is -2.19. The van der Waals surface area contributed by atoms with Gasteiger partial charge in [0.1, 0.15) is 0 Å². The molecule has 0 aromatic rings. The molecule has 1 atom stereocenters. The van der Waals surface area contributed by atoms with Crippen LogP contribution in [0.15, 0.2) is 0 Å². The second-order valence-corrected chi connectivity index (χ2v) is 3.80. The van der Waals surface area contributed by atoms with Crippen LogP contribution in [0.3, 0.4) is 0 Å². The van der Waals surface area contributed by atoms with Gasteiger partial charge in [-0.2, -0.15) is 0 Å². The Balaban J connectivity index is 2.20. The molecule has 1 unspecified atom stereocenters. The fourth-order valence-electron chi connectivity index (χ4n) is 1.76. The molecule has 0 aliphatic heterocycles. The Morgan fingerprint density at radius 2 is 1.83 bits per heavy atom. The lowest BCUT2D eigenvalue weighted by molar-refractivity contribution is -0.00479. The third kappa shape index (κ3) is 3.55. The zero-order valence-electron chi connectivity index (χ0n) is 8.09.